The van der Waals surface area contributed by atoms with Crippen molar-refractivity contribution in [1.82, 2.24) is 4.31 Å². The van der Waals surface area contributed by atoms with Gasteiger partial charge in [-0.2, -0.15) is 4.31 Å². The smallest absolute Gasteiger partial charge is 0.218 e. The highest BCUT2D eigenvalue weighted by Gasteiger charge is 2.44. The number of hydrogen-bond donors (Lipinski definition) is 0. The molecule has 2 fully saturated rings. The lowest BCUT2D eigenvalue weighted by atomic mass is 10.0. The van der Waals surface area contributed by atoms with Gasteiger partial charge in [0.2, 0.25) is 10.0 Å². The van der Waals surface area contributed by atoms with Crippen LogP contribution >= 0.6 is 0 Å². The van der Waals surface area contributed by atoms with Crippen LogP contribution in [0.3, 0.4) is 0 Å². The summed E-state index contributed by atoms with van der Waals surface area (Å²) in [4.78, 5) is 0. The molecule has 22 heavy (non-hydrogen) atoms. The zero-order valence-corrected chi connectivity index (χ0v) is 13.7. The molecule has 0 saturated carbocycles. The third kappa shape index (κ3) is 3.35. The molecule has 6 heteroatoms. The second-order valence-electron chi connectivity index (χ2n) is 6.04. The van der Waals surface area contributed by atoms with Crippen LogP contribution in [-0.2, 0) is 25.2 Å². The molecule has 5 nitrogen and oxygen atoms in total. The Morgan fingerprint density at radius 3 is 2.73 bits per heavy atom. The number of methoxy groups -OCH3 is 1. The van der Waals surface area contributed by atoms with Gasteiger partial charge < -0.3 is 9.47 Å². The lowest BCUT2D eigenvalue weighted by molar-refractivity contribution is -0.0872. The third-order valence-corrected chi connectivity index (χ3v) is 6.35. The number of benzene rings is 1. The molecule has 122 valence electrons. The van der Waals surface area contributed by atoms with Gasteiger partial charge in [0.1, 0.15) is 0 Å². The Labute approximate surface area is 132 Å². The Balaban J connectivity index is 1.68. The fourth-order valence-electron chi connectivity index (χ4n) is 3.48. The van der Waals surface area contributed by atoms with Gasteiger partial charge in [0.25, 0.3) is 0 Å². The highest BCUT2D eigenvalue weighted by molar-refractivity contribution is 7.88. The van der Waals surface area contributed by atoms with Gasteiger partial charge in [0.15, 0.2) is 0 Å². The van der Waals surface area contributed by atoms with Crippen LogP contribution in [0.15, 0.2) is 30.3 Å². The quantitative estimate of drug-likeness (QED) is 0.828. The molecule has 2 heterocycles. The van der Waals surface area contributed by atoms with Crippen molar-refractivity contribution in [2.24, 2.45) is 0 Å². The number of hydrogen-bond acceptors (Lipinski definition) is 4. The topological polar surface area (TPSA) is 55.8 Å². The van der Waals surface area contributed by atoms with Gasteiger partial charge in [-0.25, -0.2) is 8.42 Å². The molecule has 0 amide bonds. The molecule has 0 spiro atoms. The van der Waals surface area contributed by atoms with E-state index in [1.807, 2.05) is 30.3 Å². The van der Waals surface area contributed by atoms with E-state index >= 15 is 0 Å². The highest BCUT2D eigenvalue weighted by atomic mass is 32.2. The average Bonchev–Trinajstić information content (AvgIpc) is 2.92. The Bertz CT molecular complexity index is 589. The molecule has 0 radical (unpaired) electrons. The van der Waals surface area contributed by atoms with Crippen LogP contribution in [0.25, 0.3) is 0 Å². The van der Waals surface area contributed by atoms with Crippen LogP contribution in [0.1, 0.15) is 24.8 Å². The number of ether oxygens (including phenoxy) is 2. The van der Waals surface area contributed by atoms with Crippen molar-refractivity contribution in [3.63, 3.8) is 0 Å². The van der Waals surface area contributed by atoms with Crippen LogP contribution < -0.4 is 0 Å². The van der Waals surface area contributed by atoms with E-state index in [1.54, 1.807) is 11.4 Å². The van der Waals surface area contributed by atoms with Crippen molar-refractivity contribution < 1.29 is 17.9 Å². The minimum absolute atomic E-state index is 0.0122. The molecule has 3 rings (SSSR count). The van der Waals surface area contributed by atoms with Gasteiger partial charge in [0, 0.05) is 13.7 Å². The standard InChI is InChI=1S/C16H23NO4S/c1-20-11-14-7-8-15-16(21-14)9-10-17(15)22(18,19)12-13-5-3-2-4-6-13/h2-6,14-16H,7-12H2,1H3/t14-,15+,16+/m0/s1. The number of fused-ring (bicyclic) bond motifs is 1. The Hall–Kier alpha value is -0.950. The Kier molecular flexibility index (Phi) is 4.82. The van der Waals surface area contributed by atoms with E-state index < -0.39 is 10.0 Å². The Morgan fingerprint density at radius 1 is 1.23 bits per heavy atom. The fourth-order valence-corrected chi connectivity index (χ4v) is 5.30. The maximum absolute atomic E-state index is 12.7. The van der Waals surface area contributed by atoms with Crippen LogP contribution in [0.2, 0.25) is 0 Å². The maximum atomic E-state index is 12.7. The van der Waals surface area contributed by atoms with E-state index in [9.17, 15) is 8.42 Å². The van der Waals surface area contributed by atoms with Crippen molar-refractivity contribution in [1.29, 1.82) is 0 Å². The predicted molar refractivity (Wildman–Crippen MR) is 83.9 cm³/mol. The molecule has 2 aliphatic rings. The summed E-state index contributed by atoms with van der Waals surface area (Å²) < 4.78 is 38.2. The van der Waals surface area contributed by atoms with E-state index in [2.05, 4.69) is 0 Å². The van der Waals surface area contributed by atoms with Gasteiger partial charge in [-0.1, -0.05) is 30.3 Å². The lowest BCUT2D eigenvalue weighted by Crippen LogP contribution is -2.46. The van der Waals surface area contributed by atoms with Crippen LogP contribution in [0.5, 0.6) is 0 Å². The van der Waals surface area contributed by atoms with E-state index in [1.165, 1.54) is 0 Å². The Morgan fingerprint density at radius 2 is 2.00 bits per heavy atom. The van der Waals surface area contributed by atoms with Crippen molar-refractivity contribution in [2.75, 3.05) is 20.3 Å². The molecule has 2 saturated heterocycles. The van der Waals surface area contributed by atoms with Crippen LogP contribution in [0.4, 0.5) is 0 Å². The molecule has 2 aliphatic heterocycles. The third-order valence-electron chi connectivity index (χ3n) is 4.49. The zero-order chi connectivity index (χ0) is 15.6. The summed E-state index contributed by atoms with van der Waals surface area (Å²) in [5.41, 5.74) is 0.833. The van der Waals surface area contributed by atoms with Crippen molar-refractivity contribution in [3.8, 4) is 0 Å². The first-order valence-electron chi connectivity index (χ1n) is 7.78. The molecule has 1 aromatic rings. The number of rotatable bonds is 5. The molecular weight excluding hydrogens is 302 g/mol. The SMILES string of the molecule is COC[C@@H]1CC[C@@H]2[C@@H](CCN2S(=O)(=O)Cc2ccccc2)O1. The molecule has 1 aromatic carbocycles. The van der Waals surface area contributed by atoms with Gasteiger partial charge >= 0.3 is 0 Å². The van der Waals surface area contributed by atoms with E-state index in [0.717, 1.165) is 24.8 Å². The van der Waals surface area contributed by atoms with Crippen molar-refractivity contribution in [3.05, 3.63) is 35.9 Å². The fraction of sp³-hybridized carbons (Fsp3) is 0.625. The summed E-state index contributed by atoms with van der Waals surface area (Å²) in [6, 6.07) is 9.34. The predicted octanol–water partition coefficient (Wildman–Crippen LogP) is 1.78. The average molecular weight is 325 g/mol. The summed E-state index contributed by atoms with van der Waals surface area (Å²) in [7, 11) is -1.62. The number of sulfonamides is 1. The van der Waals surface area contributed by atoms with Crippen LogP contribution in [0, 0.1) is 0 Å². The van der Waals surface area contributed by atoms with Gasteiger partial charge in [-0.3, -0.25) is 0 Å². The molecule has 0 aromatic heterocycles. The zero-order valence-electron chi connectivity index (χ0n) is 12.8. The van der Waals surface area contributed by atoms with E-state index in [4.69, 9.17) is 9.47 Å². The molecule has 3 atom stereocenters. The normalized spacial score (nSPS) is 29.4. The number of nitrogens with zero attached hydrogens (tertiary/aromatic N) is 1. The minimum atomic E-state index is -3.29. The lowest BCUT2D eigenvalue weighted by Gasteiger charge is -2.35. The van der Waals surface area contributed by atoms with Crippen molar-refractivity contribution >= 4 is 10.0 Å². The summed E-state index contributed by atoms with van der Waals surface area (Å²) in [5.74, 6) is 0.0680. The van der Waals surface area contributed by atoms with Crippen LogP contribution in [-0.4, -0.2) is 51.2 Å². The van der Waals surface area contributed by atoms with Gasteiger partial charge in [-0.15, -0.1) is 0 Å². The first kappa shape index (κ1) is 15.9. The summed E-state index contributed by atoms with van der Waals surface area (Å²) in [6.07, 6.45) is 2.60. The molecular formula is C16H23NO4S. The molecule has 0 unspecified atom stereocenters. The molecule has 0 bridgehead atoms. The largest absolute Gasteiger partial charge is 0.382 e. The molecule has 0 N–H and O–H groups in total. The summed E-state index contributed by atoms with van der Waals surface area (Å²) in [5, 5.41) is 0. The molecule has 0 aliphatic carbocycles. The van der Waals surface area contributed by atoms with Gasteiger partial charge in [-0.05, 0) is 24.8 Å². The highest BCUT2D eigenvalue weighted by Crippen LogP contribution is 2.34. The maximum Gasteiger partial charge on any atom is 0.218 e. The summed E-state index contributed by atoms with van der Waals surface area (Å²) >= 11 is 0. The van der Waals surface area contributed by atoms with Gasteiger partial charge in [0.05, 0.1) is 30.6 Å². The first-order chi connectivity index (χ1) is 10.6. The minimum Gasteiger partial charge on any atom is -0.382 e. The second-order valence-corrected chi connectivity index (χ2v) is 7.96. The van der Waals surface area contributed by atoms with E-state index in [0.29, 0.717) is 13.2 Å². The monoisotopic (exact) mass is 325 g/mol. The first-order valence-corrected chi connectivity index (χ1v) is 9.39. The van der Waals surface area contributed by atoms with Crippen molar-refractivity contribution in [2.45, 2.75) is 43.3 Å². The van der Waals surface area contributed by atoms with E-state index in [-0.39, 0.29) is 24.0 Å². The second kappa shape index (κ2) is 6.66. The summed E-state index contributed by atoms with van der Waals surface area (Å²) in [6.45, 7) is 1.14.